The van der Waals surface area contributed by atoms with Gasteiger partial charge in [-0.05, 0) is 25.5 Å². The molecule has 0 spiro atoms. The number of allylic oxidation sites excluding steroid dienone is 1. The van der Waals surface area contributed by atoms with Crippen molar-refractivity contribution in [2.45, 2.75) is 20.4 Å². The van der Waals surface area contributed by atoms with E-state index in [1.165, 1.54) is 0 Å². The Kier molecular flexibility index (Phi) is 3.43. The molecule has 1 aromatic heterocycles. The van der Waals surface area contributed by atoms with Crippen LogP contribution < -0.4 is 5.73 Å². The summed E-state index contributed by atoms with van der Waals surface area (Å²) < 4.78 is 1.93. The minimum atomic E-state index is 0.646. The number of rotatable bonds is 3. The summed E-state index contributed by atoms with van der Waals surface area (Å²) in [6, 6.07) is 5.85. The van der Waals surface area contributed by atoms with E-state index in [9.17, 15) is 0 Å². The molecular weight excluding hydrogens is 246 g/mol. The molecule has 0 bridgehead atoms. The van der Waals surface area contributed by atoms with Crippen molar-refractivity contribution >= 4 is 17.4 Å². The molecule has 0 fully saturated rings. The van der Waals surface area contributed by atoms with Gasteiger partial charge in [0.15, 0.2) is 0 Å². The molecule has 0 atom stereocenters. The van der Waals surface area contributed by atoms with Crippen molar-refractivity contribution in [3.63, 3.8) is 0 Å². The Morgan fingerprint density at radius 1 is 1.44 bits per heavy atom. The molecule has 0 aliphatic rings. The average Bonchev–Trinajstić information content (AvgIpc) is 2.61. The topological polar surface area (TPSA) is 43.8 Å². The minimum Gasteiger partial charge on any atom is -0.383 e. The molecule has 0 amide bonds. The van der Waals surface area contributed by atoms with Gasteiger partial charge >= 0.3 is 0 Å². The second-order valence-corrected chi connectivity index (χ2v) is 4.66. The predicted molar refractivity (Wildman–Crippen MR) is 76.8 cm³/mol. The third-order valence-electron chi connectivity index (χ3n) is 2.95. The van der Waals surface area contributed by atoms with Gasteiger partial charge in [0.1, 0.15) is 17.3 Å². The normalized spacial score (nSPS) is 10.6. The fraction of sp³-hybridized carbons (Fsp3) is 0.214. The quantitative estimate of drug-likeness (QED) is 0.858. The van der Waals surface area contributed by atoms with E-state index in [1.54, 1.807) is 6.08 Å². The van der Waals surface area contributed by atoms with Gasteiger partial charge in [0.25, 0.3) is 0 Å². The molecule has 0 aliphatic carbocycles. The van der Waals surface area contributed by atoms with Crippen molar-refractivity contribution < 1.29 is 0 Å². The molecule has 2 rings (SSSR count). The van der Waals surface area contributed by atoms with E-state index < -0.39 is 0 Å². The van der Waals surface area contributed by atoms with E-state index in [2.05, 4.69) is 11.6 Å². The Morgan fingerprint density at radius 2 is 2.17 bits per heavy atom. The summed E-state index contributed by atoms with van der Waals surface area (Å²) in [5.74, 6) is 1.52. The van der Waals surface area contributed by atoms with E-state index in [1.807, 2.05) is 36.6 Å². The van der Waals surface area contributed by atoms with Gasteiger partial charge in [-0.1, -0.05) is 29.8 Å². The maximum atomic E-state index is 6.13. The first kappa shape index (κ1) is 12.7. The summed E-state index contributed by atoms with van der Waals surface area (Å²) in [7, 11) is 0. The first-order valence-corrected chi connectivity index (χ1v) is 6.12. The van der Waals surface area contributed by atoms with Crippen molar-refractivity contribution in [1.82, 2.24) is 9.55 Å². The Balaban J connectivity index is 2.54. The highest BCUT2D eigenvalue weighted by Crippen LogP contribution is 2.29. The maximum Gasteiger partial charge on any atom is 0.132 e. The van der Waals surface area contributed by atoms with Gasteiger partial charge in [-0.15, -0.1) is 6.58 Å². The SMILES string of the molecule is C=CCn1c(C)nc(-c2ccc(C)c(Cl)c2)c1N. The molecule has 1 aromatic carbocycles. The molecular formula is C14H16ClN3. The third kappa shape index (κ3) is 2.14. The molecule has 0 saturated carbocycles. The van der Waals surface area contributed by atoms with E-state index in [4.69, 9.17) is 17.3 Å². The number of halogens is 1. The van der Waals surface area contributed by atoms with Gasteiger partial charge in [-0.3, -0.25) is 0 Å². The zero-order valence-electron chi connectivity index (χ0n) is 10.6. The molecule has 0 aliphatic heterocycles. The van der Waals surface area contributed by atoms with Gasteiger partial charge in [-0.25, -0.2) is 4.98 Å². The van der Waals surface area contributed by atoms with Crippen molar-refractivity contribution in [3.8, 4) is 11.3 Å². The lowest BCUT2D eigenvalue weighted by molar-refractivity contribution is 0.792. The highest BCUT2D eigenvalue weighted by molar-refractivity contribution is 6.31. The number of aryl methyl sites for hydroxylation is 2. The van der Waals surface area contributed by atoms with Crippen molar-refractivity contribution in [2.24, 2.45) is 0 Å². The lowest BCUT2D eigenvalue weighted by Gasteiger charge is -2.05. The highest BCUT2D eigenvalue weighted by Gasteiger charge is 2.13. The van der Waals surface area contributed by atoms with Crippen LogP contribution in [0.1, 0.15) is 11.4 Å². The van der Waals surface area contributed by atoms with Crippen LogP contribution in [0.15, 0.2) is 30.9 Å². The standard InChI is InChI=1S/C14H16ClN3/c1-4-7-18-10(3)17-13(14(18)16)11-6-5-9(2)12(15)8-11/h4-6,8H,1,7,16H2,2-3H3. The Morgan fingerprint density at radius 3 is 2.78 bits per heavy atom. The van der Waals surface area contributed by atoms with Crippen LogP contribution in [0.25, 0.3) is 11.3 Å². The molecule has 0 radical (unpaired) electrons. The van der Waals surface area contributed by atoms with Crippen molar-refractivity contribution in [2.75, 3.05) is 5.73 Å². The maximum absolute atomic E-state index is 6.13. The highest BCUT2D eigenvalue weighted by atomic mass is 35.5. The van der Waals surface area contributed by atoms with E-state index in [-0.39, 0.29) is 0 Å². The molecule has 0 unspecified atom stereocenters. The fourth-order valence-corrected chi connectivity index (χ4v) is 2.07. The smallest absolute Gasteiger partial charge is 0.132 e. The van der Waals surface area contributed by atoms with Crippen LogP contribution in [0.2, 0.25) is 5.02 Å². The minimum absolute atomic E-state index is 0.646. The second-order valence-electron chi connectivity index (χ2n) is 4.26. The molecule has 4 heteroatoms. The number of nitrogens with zero attached hydrogens (tertiary/aromatic N) is 2. The Hall–Kier alpha value is -1.74. The molecule has 1 heterocycles. The summed E-state index contributed by atoms with van der Waals surface area (Å²) in [5, 5.41) is 0.725. The van der Waals surface area contributed by atoms with E-state index in [0.29, 0.717) is 12.4 Å². The van der Waals surface area contributed by atoms with Crippen LogP contribution in [0, 0.1) is 13.8 Å². The van der Waals surface area contributed by atoms with Crippen LogP contribution in [0.4, 0.5) is 5.82 Å². The molecule has 2 aromatic rings. The largest absolute Gasteiger partial charge is 0.383 e. The predicted octanol–water partition coefficient (Wildman–Crippen LogP) is 3.59. The fourth-order valence-electron chi connectivity index (χ4n) is 1.89. The third-order valence-corrected chi connectivity index (χ3v) is 3.36. The molecule has 0 saturated heterocycles. The van der Waals surface area contributed by atoms with Crippen molar-refractivity contribution in [3.05, 3.63) is 47.3 Å². The van der Waals surface area contributed by atoms with Crippen molar-refractivity contribution in [1.29, 1.82) is 0 Å². The second kappa shape index (κ2) is 4.86. The van der Waals surface area contributed by atoms with Gasteiger partial charge in [0, 0.05) is 17.1 Å². The number of nitrogen functional groups attached to an aromatic ring is 1. The number of hydrogen-bond donors (Lipinski definition) is 1. The molecule has 3 nitrogen and oxygen atoms in total. The summed E-state index contributed by atoms with van der Waals surface area (Å²) in [4.78, 5) is 4.50. The van der Waals surface area contributed by atoms with E-state index in [0.717, 1.165) is 27.7 Å². The first-order chi connectivity index (χ1) is 8.54. The monoisotopic (exact) mass is 261 g/mol. The van der Waals surface area contributed by atoms with E-state index >= 15 is 0 Å². The van der Waals surface area contributed by atoms with Crippen LogP contribution >= 0.6 is 11.6 Å². The summed E-state index contributed by atoms with van der Waals surface area (Å²) >= 11 is 6.13. The molecule has 18 heavy (non-hydrogen) atoms. The molecule has 2 N–H and O–H groups in total. The molecule has 94 valence electrons. The number of hydrogen-bond acceptors (Lipinski definition) is 2. The Labute approximate surface area is 112 Å². The summed E-state index contributed by atoms with van der Waals surface area (Å²) in [6.07, 6.45) is 1.80. The Bertz CT molecular complexity index is 599. The van der Waals surface area contributed by atoms with Gasteiger partial charge in [0.05, 0.1) is 0 Å². The lowest BCUT2D eigenvalue weighted by Crippen LogP contribution is -2.03. The number of imidazole rings is 1. The summed E-state index contributed by atoms with van der Waals surface area (Å²) in [5.41, 5.74) is 8.88. The number of benzene rings is 1. The number of aromatic nitrogens is 2. The summed E-state index contributed by atoms with van der Waals surface area (Å²) in [6.45, 7) is 8.28. The zero-order chi connectivity index (χ0) is 13.3. The first-order valence-electron chi connectivity index (χ1n) is 5.74. The number of nitrogens with two attached hydrogens (primary N) is 1. The van der Waals surface area contributed by atoms with Crippen LogP contribution in [0.3, 0.4) is 0 Å². The number of anilines is 1. The van der Waals surface area contributed by atoms with Gasteiger partial charge < -0.3 is 10.3 Å². The zero-order valence-corrected chi connectivity index (χ0v) is 11.3. The van der Waals surface area contributed by atoms with Gasteiger partial charge in [-0.2, -0.15) is 0 Å². The van der Waals surface area contributed by atoms with Crippen LogP contribution in [0.5, 0.6) is 0 Å². The average molecular weight is 262 g/mol. The van der Waals surface area contributed by atoms with Crippen LogP contribution in [-0.4, -0.2) is 9.55 Å². The van der Waals surface area contributed by atoms with Gasteiger partial charge in [0.2, 0.25) is 0 Å². The lowest BCUT2D eigenvalue weighted by atomic mass is 10.1. The van der Waals surface area contributed by atoms with Crippen LogP contribution in [-0.2, 0) is 6.54 Å².